The minimum absolute atomic E-state index is 0.0459. The zero-order chi connectivity index (χ0) is 26.6. The van der Waals surface area contributed by atoms with E-state index in [2.05, 4.69) is 0 Å². The third-order valence-corrected chi connectivity index (χ3v) is 6.27. The van der Waals surface area contributed by atoms with Crippen molar-refractivity contribution < 1.29 is 26.4 Å². The van der Waals surface area contributed by atoms with Crippen LogP contribution in [0.2, 0.25) is 0 Å². The van der Waals surface area contributed by atoms with Gasteiger partial charge in [-0.3, -0.25) is 0 Å². The number of hydrogen-bond acceptors (Lipinski definition) is 4. The molecule has 154 valence electrons. The average molecular weight is 416 g/mol. The Bertz CT molecular complexity index is 1750. The first kappa shape index (κ1) is 13.4. The monoisotopic (exact) mass is 416 g/mol. The number of benzene rings is 3. The largest absolute Gasteiger partial charge is 0.494 e. The molecule has 0 atom stereocenters. The van der Waals surface area contributed by atoms with Crippen LogP contribution in [-0.4, -0.2) is 18.3 Å². The van der Waals surface area contributed by atoms with Gasteiger partial charge in [-0.25, -0.2) is 0 Å². The molecule has 0 radical (unpaired) electrons. The lowest BCUT2D eigenvalue weighted by atomic mass is 9.79. The summed E-state index contributed by atoms with van der Waals surface area (Å²) >= 11 is 0. The number of para-hydroxylation sites is 1. The van der Waals surface area contributed by atoms with Gasteiger partial charge in [-0.05, 0) is 62.9 Å². The van der Waals surface area contributed by atoms with Crippen molar-refractivity contribution in [1.29, 1.82) is 0 Å². The zero-order valence-corrected chi connectivity index (χ0v) is 17.6. The summed E-state index contributed by atoms with van der Waals surface area (Å²) < 4.78 is 76.6. The maximum atomic E-state index is 9.04. The van der Waals surface area contributed by atoms with Gasteiger partial charge in [0.15, 0.2) is 0 Å². The zero-order valence-electron chi connectivity index (χ0n) is 23.6. The topological polar surface area (TPSA) is 44.7 Å². The highest BCUT2D eigenvalue weighted by Gasteiger charge is 2.51. The maximum absolute atomic E-state index is 9.04. The summed E-state index contributed by atoms with van der Waals surface area (Å²) in [5, 5.41) is 0.980. The molecule has 3 aromatic carbocycles. The van der Waals surface area contributed by atoms with E-state index in [4.69, 9.17) is 26.4 Å². The van der Waals surface area contributed by atoms with Crippen molar-refractivity contribution in [1.82, 2.24) is 0 Å². The lowest BCUT2D eigenvalue weighted by Crippen LogP contribution is -2.41. The molecular formula is C26H23BO4. The third-order valence-electron chi connectivity index (χ3n) is 6.27. The van der Waals surface area contributed by atoms with Crippen molar-refractivity contribution in [3.05, 3.63) is 66.8 Å². The highest BCUT2D eigenvalue weighted by molar-refractivity contribution is 6.62. The molecule has 4 nitrogen and oxygen atoms in total. The minimum atomic E-state index is -1.06. The summed E-state index contributed by atoms with van der Waals surface area (Å²) in [4.78, 5) is 0. The first-order chi connectivity index (χ1) is 17.4. The van der Waals surface area contributed by atoms with E-state index in [0.29, 0.717) is 11.1 Å². The Kier molecular flexibility index (Phi) is 2.70. The van der Waals surface area contributed by atoms with Gasteiger partial charge in [0.05, 0.1) is 25.7 Å². The van der Waals surface area contributed by atoms with Gasteiger partial charge in [0.2, 0.25) is 0 Å². The van der Waals surface area contributed by atoms with Gasteiger partial charge < -0.3 is 18.1 Å². The van der Waals surface area contributed by atoms with Crippen LogP contribution in [0.1, 0.15) is 35.9 Å². The van der Waals surface area contributed by atoms with Gasteiger partial charge in [-0.2, -0.15) is 0 Å². The second kappa shape index (κ2) is 6.25. The first-order valence-electron chi connectivity index (χ1n) is 13.1. The van der Waals surface area contributed by atoms with Crippen molar-refractivity contribution in [2.75, 3.05) is 0 Å². The van der Waals surface area contributed by atoms with Crippen LogP contribution in [-0.2, 0) is 9.31 Å². The maximum Gasteiger partial charge on any atom is 0.494 e. The molecule has 0 N–H and O–H groups in total. The highest BCUT2D eigenvalue weighted by Crippen LogP contribution is 2.38. The SMILES string of the molecule is [2H]c1c(-c2cccc3ccoc23)c([2H])c2c(oc3c([2H])c(B4OC(C)(C)C(C)(C)O4)c([2H])c([2H])c32)c1[2H]. The molecule has 0 spiro atoms. The quantitative estimate of drug-likeness (QED) is 0.317. The number of rotatable bonds is 2. The lowest BCUT2D eigenvalue weighted by molar-refractivity contribution is 0.00578. The number of hydrogen-bond donors (Lipinski definition) is 0. The van der Waals surface area contributed by atoms with Crippen molar-refractivity contribution in [2.45, 2.75) is 38.9 Å². The lowest BCUT2D eigenvalue weighted by Gasteiger charge is -2.32. The fourth-order valence-electron chi connectivity index (χ4n) is 3.81. The van der Waals surface area contributed by atoms with Crippen LogP contribution in [0.3, 0.4) is 0 Å². The fourth-order valence-corrected chi connectivity index (χ4v) is 3.81. The molecule has 1 aliphatic rings. The molecule has 3 heterocycles. The van der Waals surface area contributed by atoms with Crippen molar-refractivity contribution >= 4 is 45.5 Å². The smallest absolute Gasteiger partial charge is 0.464 e. The van der Waals surface area contributed by atoms with Crippen LogP contribution in [0.15, 0.2) is 75.6 Å². The predicted molar refractivity (Wildman–Crippen MR) is 125 cm³/mol. The van der Waals surface area contributed by atoms with Crippen LogP contribution in [0, 0.1) is 0 Å². The van der Waals surface area contributed by atoms with E-state index in [1.165, 1.54) is 6.26 Å². The molecule has 0 bridgehead atoms. The van der Waals surface area contributed by atoms with Gasteiger partial charge in [0, 0.05) is 21.7 Å². The van der Waals surface area contributed by atoms with Gasteiger partial charge in [-0.1, -0.05) is 36.3 Å². The Balaban J connectivity index is 1.68. The van der Waals surface area contributed by atoms with Crippen molar-refractivity contribution in [3.8, 4) is 11.1 Å². The molecule has 0 saturated carbocycles. The van der Waals surface area contributed by atoms with Gasteiger partial charge in [-0.15, -0.1) is 0 Å². The normalized spacial score (nSPS) is 20.6. The fraction of sp³-hybridized carbons (Fsp3) is 0.231. The molecule has 5 aromatic rings. The van der Waals surface area contributed by atoms with Gasteiger partial charge >= 0.3 is 7.12 Å². The molecule has 1 fully saturated rings. The molecule has 1 saturated heterocycles. The summed E-state index contributed by atoms with van der Waals surface area (Å²) in [5.74, 6) is 0. The Labute approximate surface area is 189 Å². The van der Waals surface area contributed by atoms with Crippen LogP contribution in [0.4, 0.5) is 0 Å². The average Bonchev–Trinajstić information content (AvgIpc) is 3.51. The highest BCUT2D eigenvalue weighted by atomic mass is 16.7. The molecule has 6 rings (SSSR count). The number of furan rings is 2. The summed E-state index contributed by atoms with van der Waals surface area (Å²) in [6, 6.07) is 5.76. The summed E-state index contributed by atoms with van der Waals surface area (Å²) in [7, 11) is -1.06. The number of fused-ring (bicyclic) bond motifs is 4. The second-order valence-corrected chi connectivity index (χ2v) is 8.78. The van der Waals surface area contributed by atoms with Crippen molar-refractivity contribution in [2.24, 2.45) is 0 Å². The first-order valence-corrected chi connectivity index (χ1v) is 10.1. The molecule has 31 heavy (non-hydrogen) atoms. The molecule has 0 unspecified atom stereocenters. The molecule has 2 aromatic heterocycles. The van der Waals surface area contributed by atoms with Crippen LogP contribution in [0.5, 0.6) is 0 Å². The van der Waals surface area contributed by atoms with Crippen LogP contribution < -0.4 is 5.46 Å². The summed E-state index contributed by atoms with van der Waals surface area (Å²) in [6.07, 6.45) is 1.52. The van der Waals surface area contributed by atoms with Crippen LogP contribution in [0.25, 0.3) is 44.0 Å². The third kappa shape index (κ3) is 2.77. The molecule has 0 amide bonds. The Hall–Kier alpha value is -3.02. The second-order valence-electron chi connectivity index (χ2n) is 8.78. The van der Waals surface area contributed by atoms with Crippen LogP contribution >= 0.6 is 0 Å². The van der Waals surface area contributed by atoms with E-state index in [1.54, 1.807) is 18.2 Å². The molecule has 0 aliphatic carbocycles. The van der Waals surface area contributed by atoms with E-state index < -0.39 is 18.3 Å². The predicted octanol–water partition coefficient (Wildman–Crippen LogP) is 6.30. The molecule has 1 aliphatic heterocycles. The Morgan fingerprint density at radius 3 is 2.45 bits per heavy atom. The van der Waals surface area contributed by atoms with Gasteiger partial charge in [0.25, 0.3) is 0 Å². The van der Waals surface area contributed by atoms with E-state index in [0.717, 1.165) is 5.39 Å². The van der Waals surface area contributed by atoms with E-state index in [-0.39, 0.29) is 69.2 Å². The summed E-state index contributed by atoms with van der Waals surface area (Å²) in [5.41, 5.74) is -0.387. The summed E-state index contributed by atoms with van der Waals surface area (Å²) in [6.45, 7) is 7.43. The molecular weight excluding hydrogens is 387 g/mol. The van der Waals surface area contributed by atoms with Gasteiger partial charge in [0.1, 0.15) is 16.7 Å². The Morgan fingerprint density at radius 1 is 0.839 bits per heavy atom. The standard InChI is InChI=1S/C26H23BO4/c1-25(2)26(3,4)31-27(30-25)18-9-10-20-21-14-17(8-11-22(21)29-23(20)15-18)19-7-5-6-16-12-13-28-24(16)19/h5-15H,1-4H3/i8D,9D,10D,11D,14D,15D. The van der Waals surface area contributed by atoms with E-state index in [1.807, 2.05) is 33.8 Å². The minimum Gasteiger partial charge on any atom is -0.464 e. The molecule has 5 heteroatoms. The Morgan fingerprint density at radius 2 is 1.65 bits per heavy atom. The van der Waals surface area contributed by atoms with Crippen molar-refractivity contribution in [3.63, 3.8) is 0 Å². The van der Waals surface area contributed by atoms with E-state index in [9.17, 15) is 0 Å². The van der Waals surface area contributed by atoms with E-state index >= 15 is 0 Å².